The molecule has 3 unspecified atom stereocenters. The third kappa shape index (κ3) is 3.00. The molecule has 2 fully saturated rings. The summed E-state index contributed by atoms with van der Waals surface area (Å²) in [5.74, 6) is 0.997. The van der Waals surface area contributed by atoms with Crippen LogP contribution < -0.4 is 4.57 Å². The first-order chi connectivity index (χ1) is 13.5. The average molecular weight is 356 g/mol. The molecule has 1 heteroatoms. The molecule has 2 saturated carbocycles. The number of pyridine rings is 1. The highest BCUT2D eigenvalue weighted by Gasteiger charge is 2.39. The predicted octanol–water partition coefficient (Wildman–Crippen LogP) is 6.06. The number of hydrogen-bond acceptors (Lipinski definition) is 0. The van der Waals surface area contributed by atoms with E-state index in [9.17, 15) is 0 Å². The molecule has 27 heavy (non-hydrogen) atoms. The summed E-state index contributed by atoms with van der Waals surface area (Å²) in [4.78, 5) is 0. The molecule has 0 N–H and O–H groups in total. The van der Waals surface area contributed by atoms with Gasteiger partial charge in [-0.05, 0) is 72.2 Å². The van der Waals surface area contributed by atoms with Gasteiger partial charge in [-0.2, -0.15) is 0 Å². The molecule has 3 aromatic rings. The lowest BCUT2D eigenvalue weighted by Gasteiger charge is -2.22. The second-order valence-electron chi connectivity index (χ2n) is 8.41. The number of nitrogens with zero attached hydrogens (tertiary/aromatic N) is 1. The van der Waals surface area contributed by atoms with Crippen LogP contribution in [0, 0.1) is 18.8 Å². The lowest BCUT2D eigenvalue weighted by molar-refractivity contribution is -0.660. The van der Waals surface area contributed by atoms with Gasteiger partial charge in [-0.15, -0.1) is 0 Å². The standard InChI is InChI=1S/C26H28N/c1-18-5-3-4-6-24(18)26-17-22(13-14-27(26)2)20-9-11-21(12-10-20)25-16-19-7-8-23(25)15-19/h3-6,9-14,17,19,23,25H,7-8,15-16H2,1-2H3/q+1/i25D. The maximum Gasteiger partial charge on any atom is 0.213 e. The summed E-state index contributed by atoms with van der Waals surface area (Å²) < 4.78 is 11.3. The van der Waals surface area contributed by atoms with Crippen LogP contribution in [0.15, 0.2) is 66.9 Å². The summed E-state index contributed by atoms with van der Waals surface area (Å²) in [6, 6.07) is 21.9. The Balaban J connectivity index is 1.49. The van der Waals surface area contributed by atoms with Gasteiger partial charge in [0.2, 0.25) is 5.69 Å². The van der Waals surface area contributed by atoms with Crippen LogP contribution >= 0.6 is 0 Å². The molecule has 1 heterocycles. The molecule has 2 aliphatic carbocycles. The Morgan fingerprint density at radius 3 is 2.44 bits per heavy atom. The third-order valence-electron chi connectivity index (χ3n) is 6.70. The van der Waals surface area contributed by atoms with Crippen molar-refractivity contribution in [3.63, 3.8) is 0 Å². The Morgan fingerprint density at radius 1 is 0.926 bits per heavy atom. The monoisotopic (exact) mass is 355 g/mol. The molecule has 1 aromatic heterocycles. The molecular weight excluding hydrogens is 326 g/mol. The fourth-order valence-electron chi connectivity index (χ4n) is 5.16. The highest BCUT2D eigenvalue weighted by atomic mass is 14.9. The minimum absolute atomic E-state index is 0.350. The molecule has 136 valence electrons. The summed E-state index contributed by atoms with van der Waals surface area (Å²) in [7, 11) is 2.10. The SMILES string of the molecule is [2H]C1(c2ccc(-c3cc[n+](C)c(-c4ccccc4C)c3)cc2)CC2CCC1C2. The number of aryl methyl sites for hydroxylation is 2. The quantitative estimate of drug-likeness (QED) is 0.503. The first kappa shape index (κ1) is 15.6. The second-order valence-corrected chi connectivity index (χ2v) is 8.41. The maximum atomic E-state index is 9.08. The van der Waals surface area contributed by atoms with Crippen molar-refractivity contribution in [2.45, 2.75) is 38.5 Å². The normalized spacial score (nSPS) is 27.0. The van der Waals surface area contributed by atoms with Crippen LogP contribution in [0.3, 0.4) is 0 Å². The van der Waals surface area contributed by atoms with E-state index in [0.29, 0.717) is 5.92 Å². The van der Waals surface area contributed by atoms with Crippen LogP contribution in [0.2, 0.25) is 0 Å². The van der Waals surface area contributed by atoms with Crippen LogP contribution in [-0.4, -0.2) is 0 Å². The number of rotatable bonds is 3. The number of hydrogen-bond donors (Lipinski definition) is 0. The Morgan fingerprint density at radius 2 is 1.74 bits per heavy atom. The molecule has 3 atom stereocenters. The Labute approximate surface area is 164 Å². The van der Waals surface area contributed by atoms with Gasteiger partial charge in [0, 0.05) is 19.1 Å². The Kier molecular flexibility index (Phi) is 3.84. The van der Waals surface area contributed by atoms with Crippen molar-refractivity contribution in [1.29, 1.82) is 0 Å². The fraction of sp³-hybridized carbons (Fsp3) is 0.346. The summed E-state index contributed by atoms with van der Waals surface area (Å²) in [6.07, 6.45) is 7.04. The Hall–Kier alpha value is -2.41. The van der Waals surface area contributed by atoms with E-state index in [1.807, 2.05) is 0 Å². The summed E-state index contributed by atoms with van der Waals surface area (Å²) in [5, 5.41) is 0. The average Bonchev–Trinajstić information content (AvgIpc) is 3.30. The van der Waals surface area contributed by atoms with E-state index in [2.05, 4.69) is 85.4 Å². The molecule has 2 bridgehead atoms. The molecule has 0 spiro atoms. The maximum absolute atomic E-state index is 9.08. The van der Waals surface area contributed by atoms with Gasteiger partial charge in [0.1, 0.15) is 7.05 Å². The molecule has 2 aromatic carbocycles. The zero-order valence-electron chi connectivity index (χ0n) is 17.3. The molecule has 5 rings (SSSR count). The minimum Gasteiger partial charge on any atom is -0.201 e. The van der Waals surface area contributed by atoms with Crippen molar-refractivity contribution in [3.8, 4) is 22.4 Å². The van der Waals surface area contributed by atoms with E-state index >= 15 is 0 Å². The van der Waals surface area contributed by atoms with Gasteiger partial charge in [-0.25, -0.2) is 4.57 Å². The van der Waals surface area contributed by atoms with Gasteiger partial charge in [-0.1, -0.05) is 48.9 Å². The topological polar surface area (TPSA) is 3.88 Å². The zero-order valence-corrected chi connectivity index (χ0v) is 16.3. The number of fused-ring (bicyclic) bond motifs is 2. The van der Waals surface area contributed by atoms with E-state index in [1.54, 1.807) is 0 Å². The van der Waals surface area contributed by atoms with E-state index in [-0.39, 0.29) is 5.89 Å². The van der Waals surface area contributed by atoms with Gasteiger partial charge in [-0.3, -0.25) is 0 Å². The van der Waals surface area contributed by atoms with Gasteiger partial charge in [0.15, 0.2) is 6.20 Å². The first-order valence-electron chi connectivity index (χ1n) is 10.7. The predicted molar refractivity (Wildman–Crippen MR) is 111 cm³/mol. The molecule has 0 radical (unpaired) electrons. The lowest BCUT2D eigenvalue weighted by Crippen LogP contribution is -2.30. The van der Waals surface area contributed by atoms with E-state index < -0.39 is 0 Å². The van der Waals surface area contributed by atoms with Crippen molar-refractivity contribution in [1.82, 2.24) is 0 Å². The van der Waals surface area contributed by atoms with Crippen molar-refractivity contribution in [3.05, 3.63) is 78.0 Å². The van der Waals surface area contributed by atoms with Gasteiger partial charge < -0.3 is 0 Å². The van der Waals surface area contributed by atoms with Crippen LogP contribution in [0.5, 0.6) is 0 Å². The zero-order chi connectivity index (χ0) is 19.3. The molecule has 0 saturated heterocycles. The molecule has 0 amide bonds. The van der Waals surface area contributed by atoms with Gasteiger partial charge in [0.05, 0.1) is 0 Å². The second kappa shape index (κ2) is 6.64. The van der Waals surface area contributed by atoms with E-state index in [1.165, 1.54) is 52.8 Å². The third-order valence-corrected chi connectivity index (χ3v) is 6.70. The van der Waals surface area contributed by atoms with Crippen molar-refractivity contribution >= 4 is 0 Å². The molecule has 0 aliphatic heterocycles. The van der Waals surface area contributed by atoms with Crippen molar-refractivity contribution < 1.29 is 5.94 Å². The van der Waals surface area contributed by atoms with Crippen LogP contribution in [0.4, 0.5) is 0 Å². The van der Waals surface area contributed by atoms with E-state index in [4.69, 9.17) is 1.37 Å². The lowest BCUT2D eigenvalue weighted by atomic mass is 9.83. The molecule has 2 aliphatic rings. The highest BCUT2D eigenvalue weighted by molar-refractivity contribution is 5.70. The van der Waals surface area contributed by atoms with Crippen LogP contribution in [0.1, 0.15) is 44.1 Å². The van der Waals surface area contributed by atoms with Gasteiger partial charge in [0.25, 0.3) is 0 Å². The highest BCUT2D eigenvalue weighted by Crippen LogP contribution is 2.52. The summed E-state index contributed by atoms with van der Waals surface area (Å²) in [5.41, 5.74) is 7.46. The van der Waals surface area contributed by atoms with Gasteiger partial charge >= 0.3 is 0 Å². The summed E-state index contributed by atoms with van der Waals surface area (Å²) in [6.45, 7) is 2.17. The Bertz CT molecular complexity index is 1020. The molecular formula is C26H28N+. The van der Waals surface area contributed by atoms with E-state index in [0.717, 1.165) is 12.3 Å². The van der Waals surface area contributed by atoms with Crippen molar-refractivity contribution in [2.24, 2.45) is 18.9 Å². The summed E-state index contributed by atoms with van der Waals surface area (Å²) >= 11 is 0. The number of benzene rings is 2. The fourth-order valence-corrected chi connectivity index (χ4v) is 5.16. The largest absolute Gasteiger partial charge is 0.213 e. The smallest absolute Gasteiger partial charge is 0.201 e. The van der Waals surface area contributed by atoms with Crippen LogP contribution in [-0.2, 0) is 7.05 Å². The minimum atomic E-state index is -0.350. The molecule has 1 nitrogen and oxygen atoms in total. The van der Waals surface area contributed by atoms with Crippen molar-refractivity contribution in [2.75, 3.05) is 0 Å². The number of aromatic nitrogens is 1. The first-order valence-corrected chi connectivity index (χ1v) is 10.2. The van der Waals surface area contributed by atoms with Crippen LogP contribution in [0.25, 0.3) is 22.4 Å².